The standard InChI is InChI=1S/C22H33N3O3S.HI/c1-3-23-20(24-15-21(12-13-21)16-29(2,26)27)25-18-14-22(10-6-7-11-22)28-19-9-5-4-8-17(18)19;/h4-5,8-9,18H,3,6-7,10-16H2,1-2H3,(H2,23,24,25);1H. The van der Waals surface area contributed by atoms with Crippen LogP contribution >= 0.6 is 24.0 Å². The molecule has 3 aliphatic rings. The predicted octanol–water partition coefficient (Wildman–Crippen LogP) is 3.82. The summed E-state index contributed by atoms with van der Waals surface area (Å²) in [4.78, 5) is 4.80. The number of benzene rings is 1. The van der Waals surface area contributed by atoms with Gasteiger partial charge in [-0.05, 0) is 51.5 Å². The molecule has 2 N–H and O–H groups in total. The third-order valence-electron chi connectivity index (χ3n) is 6.47. The van der Waals surface area contributed by atoms with Crippen LogP contribution in [-0.2, 0) is 9.84 Å². The lowest BCUT2D eigenvalue weighted by Crippen LogP contribution is -2.46. The van der Waals surface area contributed by atoms with Gasteiger partial charge in [-0.15, -0.1) is 24.0 Å². The number of para-hydroxylation sites is 1. The van der Waals surface area contributed by atoms with Gasteiger partial charge >= 0.3 is 0 Å². The van der Waals surface area contributed by atoms with E-state index in [0.29, 0.717) is 6.54 Å². The van der Waals surface area contributed by atoms with Crippen LogP contribution in [0.1, 0.15) is 63.5 Å². The zero-order valence-corrected chi connectivity index (χ0v) is 21.1. The fourth-order valence-electron chi connectivity index (χ4n) is 4.89. The average Bonchev–Trinajstić information content (AvgIpc) is 3.27. The molecule has 1 aromatic carbocycles. The van der Waals surface area contributed by atoms with Crippen molar-refractivity contribution in [2.75, 3.05) is 25.1 Å². The first-order valence-corrected chi connectivity index (χ1v) is 12.9. The molecule has 1 aliphatic heterocycles. The molecule has 1 spiro atoms. The molecule has 30 heavy (non-hydrogen) atoms. The molecule has 6 nitrogen and oxygen atoms in total. The van der Waals surface area contributed by atoms with Gasteiger partial charge in [-0.2, -0.15) is 0 Å². The van der Waals surface area contributed by atoms with Crippen LogP contribution in [0, 0.1) is 5.41 Å². The van der Waals surface area contributed by atoms with Gasteiger partial charge in [-0.1, -0.05) is 18.2 Å². The maximum atomic E-state index is 11.8. The average molecular weight is 548 g/mol. The van der Waals surface area contributed by atoms with Gasteiger partial charge in [-0.25, -0.2) is 8.42 Å². The molecular formula is C22H34IN3O3S. The van der Waals surface area contributed by atoms with Crippen molar-refractivity contribution in [3.8, 4) is 5.75 Å². The van der Waals surface area contributed by atoms with Crippen LogP contribution in [0.2, 0.25) is 0 Å². The maximum absolute atomic E-state index is 11.8. The highest BCUT2D eigenvalue weighted by atomic mass is 127. The Bertz CT molecular complexity index is 877. The van der Waals surface area contributed by atoms with E-state index < -0.39 is 9.84 Å². The van der Waals surface area contributed by atoms with Gasteiger partial charge < -0.3 is 15.4 Å². The summed E-state index contributed by atoms with van der Waals surface area (Å²) >= 11 is 0. The molecule has 1 aromatic rings. The summed E-state index contributed by atoms with van der Waals surface area (Å²) in [7, 11) is -2.99. The SMILES string of the molecule is CCNC(=NCC1(CS(C)(=O)=O)CC1)NC1CC2(CCCC2)Oc2ccccc21.I. The first kappa shape index (κ1) is 23.6. The number of aliphatic imine (C=N–C) groups is 1. The summed E-state index contributed by atoms with van der Waals surface area (Å²) < 4.78 is 30.0. The molecule has 0 radical (unpaired) electrons. The molecule has 0 amide bonds. The van der Waals surface area contributed by atoms with Gasteiger partial charge in [0.05, 0.1) is 11.8 Å². The van der Waals surface area contributed by atoms with Crippen molar-refractivity contribution < 1.29 is 13.2 Å². The number of guanidine groups is 1. The van der Waals surface area contributed by atoms with Crippen LogP contribution in [0.3, 0.4) is 0 Å². The third kappa shape index (κ3) is 5.60. The number of hydrogen-bond donors (Lipinski definition) is 2. The first-order valence-electron chi connectivity index (χ1n) is 10.8. The highest BCUT2D eigenvalue weighted by Crippen LogP contribution is 2.48. The second-order valence-corrected chi connectivity index (χ2v) is 11.3. The Morgan fingerprint density at radius 1 is 1.20 bits per heavy atom. The highest BCUT2D eigenvalue weighted by Gasteiger charge is 2.46. The van der Waals surface area contributed by atoms with Crippen LogP contribution in [0.4, 0.5) is 0 Å². The number of rotatable bonds is 6. The van der Waals surface area contributed by atoms with Gasteiger partial charge in [0.25, 0.3) is 0 Å². The maximum Gasteiger partial charge on any atom is 0.191 e. The van der Waals surface area contributed by atoms with Crippen molar-refractivity contribution in [3.05, 3.63) is 29.8 Å². The van der Waals surface area contributed by atoms with E-state index in [0.717, 1.165) is 50.4 Å². The molecule has 2 aliphatic carbocycles. The molecule has 1 unspecified atom stereocenters. The van der Waals surface area contributed by atoms with Gasteiger partial charge in [-0.3, -0.25) is 4.99 Å². The topological polar surface area (TPSA) is 79.8 Å². The van der Waals surface area contributed by atoms with Crippen LogP contribution in [0.5, 0.6) is 5.75 Å². The molecule has 4 rings (SSSR count). The van der Waals surface area contributed by atoms with E-state index in [1.165, 1.54) is 24.7 Å². The number of sulfone groups is 1. The number of hydrogen-bond acceptors (Lipinski definition) is 4. The minimum absolute atomic E-state index is 0. The monoisotopic (exact) mass is 547 g/mol. The Kier molecular flexibility index (Phi) is 7.26. The molecule has 1 atom stereocenters. The fourth-order valence-corrected chi connectivity index (χ4v) is 6.38. The second kappa shape index (κ2) is 9.22. The smallest absolute Gasteiger partial charge is 0.191 e. The Morgan fingerprint density at radius 2 is 1.90 bits per heavy atom. The fraction of sp³-hybridized carbons (Fsp3) is 0.682. The molecule has 2 saturated carbocycles. The molecule has 0 saturated heterocycles. The lowest BCUT2D eigenvalue weighted by Gasteiger charge is -2.40. The van der Waals surface area contributed by atoms with E-state index in [1.807, 2.05) is 6.07 Å². The zero-order chi connectivity index (χ0) is 20.5. The number of halogens is 1. The van der Waals surface area contributed by atoms with Crippen molar-refractivity contribution in [1.82, 2.24) is 10.6 Å². The second-order valence-electron chi connectivity index (χ2n) is 9.20. The van der Waals surface area contributed by atoms with Gasteiger partial charge in [0.15, 0.2) is 5.96 Å². The molecule has 1 heterocycles. The van der Waals surface area contributed by atoms with E-state index >= 15 is 0 Å². The van der Waals surface area contributed by atoms with Crippen LogP contribution < -0.4 is 15.4 Å². The normalized spacial score (nSPS) is 23.8. The Balaban J connectivity index is 0.00000256. The van der Waals surface area contributed by atoms with Crippen molar-refractivity contribution in [2.45, 2.75) is 63.5 Å². The number of nitrogens with zero attached hydrogens (tertiary/aromatic N) is 1. The summed E-state index contributed by atoms with van der Waals surface area (Å²) in [6.45, 7) is 3.36. The molecule has 8 heteroatoms. The van der Waals surface area contributed by atoms with Crippen LogP contribution in [0.15, 0.2) is 29.3 Å². The minimum atomic E-state index is -2.99. The van der Waals surface area contributed by atoms with Gasteiger partial charge in [0, 0.05) is 36.7 Å². The minimum Gasteiger partial charge on any atom is -0.487 e. The van der Waals surface area contributed by atoms with Crippen molar-refractivity contribution >= 4 is 39.8 Å². The Hall–Kier alpha value is -1.03. The molecule has 0 aromatic heterocycles. The summed E-state index contributed by atoms with van der Waals surface area (Å²) in [5.74, 6) is 1.97. The summed E-state index contributed by atoms with van der Waals surface area (Å²) in [5, 5.41) is 6.99. The molecule has 0 bridgehead atoms. The number of nitrogens with one attached hydrogen (secondary N) is 2. The lowest BCUT2D eigenvalue weighted by molar-refractivity contribution is 0.0396. The van der Waals surface area contributed by atoms with Gasteiger partial charge in [0.2, 0.25) is 0 Å². The van der Waals surface area contributed by atoms with Crippen molar-refractivity contribution in [1.29, 1.82) is 0 Å². The van der Waals surface area contributed by atoms with E-state index in [-0.39, 0.29) is 46.8 Å². The van der Waals surface area contributed by atoms with E-state index in [2.05, 4.69) is 35.8 Å². The van der Waals surface area contributed by atoms with Crippen LogP contribution in [-0.4, -0.2) is 45.1 Å². The molecular weight excluding hydrogens is 513 g/mol. The summed E-state index contributed by atoms with van der Waals surface area (Å²) in [6.07, 6.45) is 8.77. The van der Waals surface area contributed by atoms with E-state index in [9.17, 15) is 8.42 Å². The van der Waals surface area contributed by atoms with Crippen molar-refractivity contribution in [3.63, 3.8) is 0 Å². The third-order valence-corrected chi connectivity index (χ3v) is 7.60. The Labute approximate surface area is 197 Å². The largest absolute Gasteiger partial charge is 0.487 e. The van der Waals surface area contributed by atoms with E-state index in [1.54, 1.807) is 0 Å². The van der Waals surface area contributed by atoms with E-state index in [4.69, 9.17) is 9.73 Å². The Morgan fingerprint density at radius 3 is 2.53 bits per heavy atom. The summed E-state index contributed by atoms with van der Waals surface area (Å²) in [6, 6.07) is 8.42. The number of fused-ring (bicyclic) bond motifs is 1. The van der Waals surface area contributed by atoms with Crippen LogP contribution in [0.25, 0.3) is 0 Å². The zero-order valence-electron chi connectivity index (χ0n) is 17.9. The van der Waals surface area contributed by atoms with Gasteiger partial charge in [0.1, 0.15) is 21.2 Å². The summed E-state index contributed by atoms with van der Waals surface area (Å²) in [5.41, 5.74) is 0.931. The quantitative estimate of drug-likeness (QED) is 0.322. The first-order chi connectivity index (χ1) is 13.8. The molecule has 2 fully saturated rings. The van der Waals surface area contributed by atoms with Crippen molar-refractivity contribution in [2.24, 2.45) is 10.4 Å². The highest BCUT2D eigenvalue weighted by molar-refractivity contribution is 14.0. The molecule has 168 valence electrons. The number of ether oxygens (including phenoxy) is 1. The predicted molar refractivity (Wildman–Crippen MR) is 132 cm³/mol. The lowest BCUT2D eigenvalue weighted by atomic mass is 9.86.